The zero-order chi connectivity index (χ0) is 27.3. The fourth-order valence-electron chi connectivity index (χ4n) is 4.58. The highest BCUT2D eigenvalue weighted by atomic mass is 32.2. The van der Waals surface area contributed by atoms with Gasteiger partial charge in [0.25, 0.3) is 5.91 Å². The van der Waals surface area contributed by atoms with Crippen LogP contribution in [-0.2, 0) is 26.8 Å². The number of fused-ring (bicyclic) bond motifs is 1. The number of amides is 1. The first-order valence-electron chi connectivity index (χ1n) is 12.1. The molecule has 0 spiro atoms. The molecule has 194 valence electrons. The average molecular weight is 537 g/mol. The standard InChI is InChI=1S/C29H32N2O4S2/c1-28(2,3)19-11-16(12-20(24(19)32)29(4,5)6)13-23-25(33)31(27(36)37-23)22(26(34)35)14-17-15-30-21-10-8-7-9-18(17)21/h7-13,15,22,30,32H,14H2,1-6H3,(H,34,35). The minimum absolute atomic E-state index is 0.126. The molecular weight excluding hydrogens is 504 g/mol. The van der Waals surface area contributed by atoms with Gasteiger partial charge in [0, 0.05) is 34.6 Å². The monoisotopic (exact) mass is 536 g/mol. The molecule has 0 radical (unpaired) electrons. The summed E-state index contributed by atoms with van der Waals surface area (Å²) in [5.41, 5.74) is 3.40. The third-order valence-electron chi connectivity index (χ3n) is 6.55. The van der Waals surface area contributed by atoms with Crippen molar-refractivity contribution < 1.29 is 19.8 Å². The van der Waals surface area contributed by atoms with E-state index >= 15 is 0 Å². The van der Waals surface area contributed by atoms with E-state index in [9.17, 15) is 19.8 Å². The van der Waals surface area contributed by atoms with Gasteiger partial charge in [0.15, 0.2) is 0 Å². The van der Waals surface area contributed by atoms with E-state index in [1.54, 1.807) is 12.3 Å². The van der Waals surface area contributed by atoms with Crippen LogP contribution < -0.4 is 0 Å². The molecule has 8 heteroatoms. The second kappa shape index (κ2) is 9.65. The molecule has 1 amide bonds. The summed E-state index contributed by atoms with van der Waals surface area (Å²) in [7, 11) is 0. The Balaban J connectivity index is 1.72. The Morgan fingerprint density at radius 1 is 1.11 bits per heavy atom. The van der Waals surface area contributed by atoms with Gasteiger partial charge < -0.3 is 15.2 Å². The minimum atomic E-state index is -1.13. The number of carbonyl (C=O) groups is 2. The highest BCUT2D eigenvalue weighted by molar-refractivity contribution is 8.26. The number of thiocarbonyl (C=S) groups is 1. The third kappa shape index (κ3) is 5.31. The number of benzene rings is 2. The summed E-state index contributed by atoms with van der Waals surface area (Å²) in [5.74, 6) is -1.28. The molecule has 1 aliphatic heterocycles. The summed E-state index contributed by atoms with van der Waals surface area (Å²) in [6.45, 7) is 12.2. The second-order valence-corrected chi connectivity index (χ2v) is 13.1. The highest BCUT2D eigenvalue weighted by Gasteiger charge is 2.41. The number of aliphatic carboxylic acids is 1. The van der Waals surface area contributed by atoms with Gasteiger partial charge in [0.05, 0.1) is 4.91 Å². The second-order valence-electron chi connectivity index (χ2n) is 11.4. The first kappa shape index (κ1) is 26.9. The lowest BCUT2D eigenvalue weighted by atomic mass is 9.78. The van der Waals surface area contributed by atoms with Gasteiger partial charge >= 0.3 is 5.97 Å². The number of carboxylic acids is 1. The maximum Gasteiger partial charge on any atom is 0.327 e. The Morgan fingerprint density at radius 3 is 2.27 bits per heavy atom. The molecule has 1 aromatic heterocycles. The predicted molar refractivity (Wildman–Crippen MR) is 154 cm³/mol. The SMILES string of the molecule is CC(C)(C)c1cc(C=C2SC(=S)N(C(Cc3c[nH]c4ccccc34)C(=O)O)C2=O)cc(C(C)(C)C)c1O. The number of hydrogen-bond acceptors (Lipinski definition) is 5. The molecule has 1 atom stereocenters. The van der Waals surface area contributed by atoms with E-state index in [0.29, 0.717) is 4.91 Å². The van der Waals surface area contributed by atoms with E-state index in [0.717, 1.165) is 44.9 Å². The van der Waals surface area contributed by atoms with Crippen LogP contribution in [0.2, 0.25) is 0 Å². The van der Waals surface area contributed by atoms with E-state index in [1.807, 2.05) is 77.9 Å². The number of rotatable bonds is 5. The van der Waals surface area contributed by atoms with Crippen LogP contribution in [-0.4, -0.2) is 42.3 Å². The molecule has 4 rings (SSSR count). The first-order valence-corrected chi connectivity index (χ1v) is 13.3. The summed E-state index contributed by atoms with van der Waals surface area (Å²) in [6, 6.07) is 10.3. The van der Waals surface area contributed by atoms with Crippen molar-refractivity contribution in [2.45, 2.75) is 64.8 Å². The lowest BCUT2D eigenvalue weighted by Crippen LogP contribution is -2.45. The van der Waals surface area contributed by atoms with E-state index < -0.39 is 17.9 Å². The number of aromatic nitrogens is 1. The van der Waals surface area contributed by atoms with Gasteiger partial charge in [-0.2, -0.15) is 0 Å². The van der Waals surface area contributed by atoms with Gasteiger partial charge in [-0.3, -0.25) is 9.69 Å². The number of para-hydroxylation sites is 1. The molecule has 0 saturated carbocycles. The number of nitrogens with one attached hydrogen (secondary N) is 1. The zero-order valence-electron chi connectivity index (χ0n) is 21.9. The third-order valence-corrected chi connectivity index (χ3v) is 7.88. The molecule has 6 nitrogen and oxygen atoms in total. The van der Waals surface area contributed by atoms with Crippen molar-refractivity contribution >= 4 is 57.2 Å². The van der Waals surface area contributed by atoms with Crippen molar-refractivity contribution in [1.82, 2.24) is 9.88 Å². The Labute approximate surface area is 226 Å². The topological polar surface area (TPSA) is 93.6 Å². The lowest BCUT2D eigenvalue weighted by Gasteiger charge is -2.28. The van der Waals surface area contributed by atoms with Gasteiger partial charge in [-0.25, -0.2) is 4.79 Å². The van der Waals surface area contributed by atoms with Crippen molar-refractivity contribution in [2.24, 2.45) is 0 Å². The molecule has 1 fully saturated rings. The lowest BCUT2D eigenvalue weighted by molar-refractivity contribution is -0.145. The molecule has 0 aliphatic carbocycles. The maximum absolute atomic E-state index is 13.5. The number of carbonyl (C=O) groups excluding carboxylic acids is 1. The number of H-pyrrole nitrogens is 1. The molecule has 3 N–H and O–H groups in total. The number of thioether (sulfide) groups is 1. The molecule has 37 heavy (non-hydrogen) atoms. The van der Waals surface area contributed by atoms with Crippen molar-refractivity contribution in [3.8, 4) is 5.75 Å². The number of phenols is 1. The van der Waals surface area contributed by atoms with Gasteiger partial charge in [0.1, 0.15) is 16.1 Å². The number of phenolic OH excluding ortho intramolecular Hbond substituents is 1. The molecule has 2 heterocycles. The summed E-state index contributed by atoms with van der Waals surface area (Å²) in [6.07, 6.45) is 3.65. The van der Waals surface area contributed by atoms with E-state index in [1.165, 1.54) is 4.90 Å². The van der Waals surface area contributed by atoms with Crippen LogP contribution in [0.1, 0.15) is 63.8 Å². The van der Waals surface area contributed by atoms with Crippen LogP contribution in [0.5, 0.6) is 5.75 Å². The predicted octanol–water partition coefficient (Wildman–Crippen LogP) is 6.37. The molecule has 0 bridgehead atoms. The number of nitrogens with zero attached hydrogens (tertiary/aromatic N) is 1. The van der Waals surface area contributed by atoms with E-state index in [-0.39, 0.29) is 27.3 Å². The summed E-state index contributed by atoms with van der Waals surface area (Å²) < 4.78 is 0.217. The van der Waals surface area contributed by atoms with Gasteiger partial charge in [-0.05, 0) is 46.2 Å². The van der Waals surface area contributed by atoms with E-state index in [4.69, 9.17) is 12.2 Å². The molecule has 1 unspecified atom stereocenters. The fraction of sp³-hybridized carbons (Fsp3) is 0.345. The van der Waals surface area contributed by atoms with Crippen molar-refractivity contribution in [1.29, 1.82) is 0 Å². The first-order chi connectivity index (χ1) is 17.2. The summed E-state index contributed by atoms with van der Waals surface area (Å²) in [5, 5.41) is 22.0. The molecule has 2 aromatic carbocycles. The highest BCUT2D eigenvalue weighted by Crippen LogP contribution is 2.41. The quantitative estimate of drug-likeness (QED) is 0.259. The number of aromatic amines is 1. The Bertz CT molecular complexity index is 1410. The van der Waals surface area contributed by atoms with Gasteiger partial charge in [-0.15, -0.1) is 0 Å². The normalized spacial score (nSPS) is 16.7. The van der Waals surface area contributed by atoms with Crippen LogP contribution in [0.25, 0.3) is 17.0 Å². The summed E-state index contributed by atoms with van der Waals surface area (Å²) >= 11 is 6.61. The largest absolute Gasteiger partial charge is 0.507 e. The van der Waals surface area contributed by atoms with Gasteiger partial charge in [-0.1, -0.05) is 83.7 Å². The number of hydrogen-bond donors (Lipinski definition) is 3. The summed E-state index contributed by atoms with van der Waals surface area (Å²) in [4.78, 5) is 30.6. The fourth-order valence-corrected chi connectivity index (χ4v) is 5.94. The zero-order valence-corrected chi connectivity index (χ0v) is 23.5. The van der Waals surface area contributed by atoms with E-state index in [2.05, 4.69) is 4.98 Å². The molecule has 1 saturated heterocycles. The van der Waals surface area contributed by atoms with Crippen molar-refractivity contribution in [3.05, 3.63) is 69.8 Å². The average Bonchev–Trinajstić information content (AvgIpc) is 3.31. The smallest absolute Gasteiger partial charge is 0.327 e. The molecular formula is C29H32N2O4S2. The number of aromatic hydroxyl groups is 1. The van der Waals surface area contributed by atoms with Crippen molar-refractivity contribution in [2.75, 3.05) is 0 Å². The molecule has 1 aliphatic rings. The molecule has 3 aromatic rings. The minimum Gasteiger partial charge on any atom is -0.507 e. The number of carboxylic acid groups (broad SMARTS) is 1. The van der Waals surface area contributed by atoms with Crippen LogP contribution in [0.15, 0.2) is 47.5 Å². The Morgan fingerprint density at radius 2 is 1.70 bits per heavy atom. The van der Waals surface area contributed by atoms with Crippen LogP contribution >= 0.6 is 24.0 Å². The Kier molecular flexibility index (Phi) is 7.03. The van der Waals surface area contributed by atoms with Crippen LogP contribution in [0.3, 0.4) is 0 Å². The van der Waals surface area contributed by atoms with Crippen molar-refractivity contribution in [3.63, 3.8) is 0 Å². The maximum atomic E-state index is 13.5. The van der Waals surface area contributed by atoms with Crippen LogP contribution in [0.4, 0.5) is 0 Å². The van der Waals surface area contributed by atoms with Gasteiger partial charge in [0.2, 0.25) is 0 Å². The van der Waals surface area contributed by atoms with Crippen LogP contribution in [0, 0.1) is 0 Å². The Hall–Kier alpha value is -3.10.